The normalized spacial score (nSPS) is 10.8. The number of benzene rings is 2. The minimum absolute atomic E-state index is 0.0464. The molecule has 1 N–H and O–H groups in total. The number of carbonyl (C=O) groups is 3. The molecule has 2 aromatic carbocycles. The Morgan fingerprint density at radius 3 is 1.92 bits per heavy atom. The van der Waals surface area contributed by atoms with Crippen LogP contribution in [0.4, 0.5) is 0 Å². The molecule has 0 fully saturated rings. The van der Waals surface area contributed by atoms with Crippen molar-refractivity contribution in [1.82, 2.24) is 9.97 Å². The lowest BCUT2D eigenvalue weighted by Crippen LogP contribution is -2.21. The molecule has 0 atom stereocenters. The number of esters is 2. The van der Waals surface area contributed by atoms with Crippen molar-refractivity contribution in [3.63, 3.8) is 0 Å². The maximum Gasteiger partial charge on any atom is 0.346 e. The number of aromatic nitrogens is 2. The lowest BCUT2D eigenvalue weighted by Gasteiger charge is -2.13. The molecule has 0 saturated carbocycles. The summed E-state index contributed by atoms with van der Waals surface area (Å²) in [5.41, 5.74) is 1.11. The number of nitrogens with zero attached hydrogens (tertiary/aromatic N) is 1. The molecule has 0 bridgehead atoms. The topological polar surface area (TPSA) is 125 Å². The zero-order valence-corrected chi connectivity index (χ0v) is 21.3. The molecule has 0 aliphatic carbocycles. The molecule has 1 heterocycles. The molecule has 0 aliphatic heterocycles. The highest BCUT2D eigenvalue weighted by Crippen LogP contribution is 2.22. The SMILES string of the molecule is CCOC(=O)/C(C(C)=O)=C(\OCC)c1ccccc1.CCOC(=O)c1c(-c2ccccc2)nc[nH]c1=O. The van der Waals surface area contributed by atoms with E-state index in [4.69, 9.17) is 14.2 Å². The molecule has 194 valence electrons. The van der Waals surface area contributed by atoms with Crippen molar-refractivity contribution < 1.29 is 28.6 Å². The van der Waals surface area contributed by atoms with Crippen LogP contribution in [0.25, 0.3) is 17.0 Å². The van der Waals surface area contributed by atoms with Crippen molar-refractivity contribution in [2.45, 2.75) is 27.7 Å². The van der Waals surface area contributed by atoms with Gasteiger partial charge in [0.15, 0.2) is 11.3 Å². The summed E-state index contributed by atoms with van der Waals surface area (Å²) >= 11 is 0. The van der Waals surface area contributed by atoms with E-state index >= 15 is 0 Å². The molecule has 3 aromatic rings. The fourth-order valence-corrected chi connectivity index (χ4v) is 3.24. The van der Waals surface area contributed by atoms with Gasteiger partial charge in [-0.3, -0.25) is 9.59 Å². The van der Waals surface area contributed by atoms with E-state index in [1.165, 1.54) is 13.3 Å². The fraction of sp³-hybridized carbons (Fsp3) is 0.250. The summed E-state index contributed by atoms with van der Waals surface area (Å²) < 4.78 is 15.3. The maximum atomic E-state index is 11.9. The van der Waals surface area contributed by atoms with Gasteiger partial charge < -0.3 is 19.2 Å². The quantitative estimate of drug-likeness (QED) is 0.151. The Morgan fingerprint density at radius 2 is 1.38 bits per heavy atom. The van der Waals surface area contributed by atoms with Crippen molar-refractivity contribution >= 4 is 23.5 Å². The third-order valence-corrected chi connectivity index (χ3v) is 4.76. The van der Waals surface area contributed by atoms with E-state index in [1.807, 2.05) is 36.4 Å². The van der Waals surface area contributed by atoms with E-state index in [1.54, 1.807) is 45.0 Å². The summed E-state index contributed by atoms with van der Waals surface area (Å²) in [6.45, 7) is 7.29. The Labute approximate surface area is 215 Å². The van der Waals surface area contributed by atoms with Gasteiger partial charge in [0.25, 0.3) is 5.56 Å². The first-order valence-corrected chi connectivity index (χ1v) is 11.8. The van der Waals surface area contributed by atoms with Gasteiger partial charge in [-0.1, -0.05) is 60.7 Å². The number of ketones is 1. The van der Waals surface area contributed by atoms with Crippen LogP contribution < -0.4 is 5.56 Å². The van der Waals surface area contributed by atoms with Gasteiger partial charge in [-0.25, -0.2) is 14.6 Å². The Kier molecular flexibility index (Phi) is 11.5. The molecule has 3 rings (SSSR count). The summed E-state index contributed by atoms with van der Waals surface area (Å²) in [4.78, 5) is 53.6. The minimum atomic E-state index is -0.661. The van der Waals surface area contributed by atoms with Gasteiger partial charge in [-0.05, 0) is 27.7 Å². The van der Waals surface area contributed by atoms with E-state index in [2.05, 4.69) is 9.97 Å². The van der Waals surface area contributed by atoms with Gasteiger partial charge in [-0.15, -0.1) is 0 Å². The second-order valence-electron chi connectivity index (χ2n) is 7.32. The average molecular weight is 507 g/mol. The largest absolute Gasteiger partial charge is 0.492 e. The van der Waals surface area contributed by atoms with Crippen LogP contribution in [0.5, 0.6) is 0 Å². The van der Waals surface area contributed by atoms with Crippen molar-refractivity contribution in [2.24, 2.45) is 0 Å². The van der Waals surface area contributed by atoms with Gasteiger partial charge in [-0.2, -0.15) is 0 Å². The molecule has 0 aliphatic rings. The Balaban J connectivity index is 0.000000260. The lowest BCUT2D eigenvalue weighted by molar-refractivity contribution is -0.139. The fourth-order valence-electron chi connectivity index (χ4n) is 3.24. The van der Waals surface area contributed by atoms with Gasteiger partial charge in [0.05, 0.1) is 31.8 Å². The van der Waals surface area contributed by atoms with Crippen LogP contribution in [0.3, 0.4) is 0 Å². The van der Waals surface area contributed by atoms with Crippen molar-refractivity contribution in [3.8, 4) is 11.3 Å². The molecule has 0 amide bonds. The number of hydrogen-bond donors (Lipinski definition) is 1. The summed E-state index contributed by atoms with van der Waals surface area (Å²) in [5.74, 6) is -1.41. The lowest BCUT2D eigenvalue weighted by atomic mass is 10.1. The number of carbonyl (C=O) groups excluding carboxylic acids is 3. The Hall–Kier alpha value is -4.53. The highest BCUT2D eigenvalue weighted by Gasteiger charge is 2.23. The number of nitrogens with one attached hydrogen (secondary N) is 1. The average Bonchev–Trinajstić information content (AvgIpc) is 2.90. The third kappa shape index (κ3) is 7.99. The standard InChI is InChI=1S/C15H18O4.C13H12N2O3/c1-4-18-14(12-9-7-6-8-10-12)13(11(3)16)15(17)19-5-2;1-2-18-13(17)10-11(14-8-15-12(10)16)9-6-4-3-5-7-9/h6-10H,4-5H2,1-3H3;3-8H,2H2,1H3,(H,14,15,16)/b14-13-;. The molecule has 1 aromatic heterocycles. The number of rotatable bonds is 9. The molecular formula is C28H30N2O7. The first kappa shape index (κ1) is 28.7. The van der Waals surface area contributed by atoms with Gasteiger partial charge in [0.2, 0.25) is 0 Å². The number of hydrogen-bond acceptors (Lipinski definition) is 8. The number of ether oxygens (including phenoxy) is 3. The van der Waals surface area contributed by atoms with E-state index < -0.39 is 17.5 Å². The summed E-state index contributed by atoms with van der Waals surface area (Å²) in [7, 11) is 0. The van der Waals surface area contributed by atoms with Crippen LogP contribution in [0.2, 0.25) is 0 Å². The van der Waals surface area contributed by atoms with E-state index in [0.717, 1.165) is 0 Å². The first-order valence-electron chi connectivity index (χ1n) is 11.8. The second-order valence-corrected chi connectivity index (χ2v) is 7.32. The molecule has 9 heteroatoms. The predicted molar refractivity (Wildman–Crippen MR) is 139 cm³/mol. The van der Waals surface area contributed by atoms with Crippen molar-refractivity contribution in [3.05, 3.63) is 94.0 Å². The Morgan fingerprint density at radius 1 is 0.811 bits per heavy atom. The van der Waals surface area contributed by atoms with Crippen LogP contribution in [0.15, 0.2) is 77.4 Å². The summed E-state index contributed by atoms with van der Waals surface area (Å²) in [6, 6.07) is 18.1. The van der Waals surface area contributed by atoms with Crippen molar-refractivity contribution in [1.29, 1.82) is 0 Å². The van der Waals surface area contributed by atoms with E-state index in [-0.39, 0.29) is 35.9 Å². The van der Waals surface area contributed by atoms with E-state index in [9.17, 15) is 19.2 Å². The van der Waals surface area contributed by atoms with Crippen LogP contribution >= 0.6 is 0 Å². The van der Waals surface area contributed by atoms with E-state index in [0.29, 0.717) is 23.4 Å². The summed E-state index contributed by atoms with van der Waals surface area (Å²) in [6.07, 6.45) is 1.27. The molecule has 9 nitrogen and oxygen atoms in total. The first-order chi connectivity index (χ1) is 17.8. The van der Waals surface area contributed by atoms with Crippen LogP contribution in [0, 0.1) is 0 Å². The molecule has 0 unspecified atom stereocenters. The number of aromatic amines is 1. The molecule has 37 heavy (non-hydrogen) atoms. The molecule has 0 saturated heterocycles. The third-order valence-electron chi connectivity index (χ3n) is 4.76. The van der Waals surface area contributed by atoms with Crippen LogP contribution in [-0.2, 0) is 23.8 Å². The van der Waals surface area contributed by atoms with Gasteiger partial charge in [0, 0.05) is 11.1 Å². The second kappa shape index (κ2) is 14.8. The monoisotopic (exact) mass is 506 g/mol. The number of H-pyrrole nitrogens is 1. The highest BCUT2D eigenvalue weighted by molar-refractivity contribution is 6.21. The zero-order valence-electron chi connectivity index (χ0n) is 21.3. The number of Topliss-reactive ketones (excluding diaryl/α,β-unsaturated/α-hetero) is 1. The smallest absolute Gasteiger partial charge is 0.346 e. The molecule has 0 radical (unpaired) electrons. The van der Waals surface area contributed by atoms with Gasteiger partial charge >= 0.3 is 11.9 Å². The van der Waals surface area contributed by atoms with Crippen molar-refractivity contribution in [2.75, 3.05) is 19.8 Å². The van der Waals surface area contributed by atoms with Crippen LogP contribution in [0.1, 0.15) is 43.6 Å². The Bertz CT molecular complexity index is 1280. The highest BCUT2D eigenvalue weighted by atomic mass is 16.5. The molecular weight excluding hydrogens is 476 g/mol. The maximum absolute atomic E-state index is 11.9. The minimum Gasteiger partial charge on any atom is -0.492 e. The summed E-state index contributed by atoms with van der Waals surface area (Å²) in [5, 5.41) is 0. The predicted octanol–water partition coefficient (Wildman–Crippen LogP) is 4.20. The van der Waals surface area contributed by atoms with Crippen LogP contribution in [-0.4, -0.2) is 47.5 Å². The van der Waals surface area contributed by atoms with Gasteiger partial charge in [0.1, 0.15) is 11.3 Å². The zero-order chi connectivity index (χ0) is 27.2. The molecule has 0 spiro atoms.